The van der Waals surface area contributed by atoms with Crippen LogP contribution in [-0.2, 0) is 4.79 Å². The second-order valence-electron chi connectivity index (χ2n) is 3.39. The van der Waals surface area contributed by atoms with E-state index in [2.05, 4.69) is 11.8 Å². The van der Waals surface area contributed by atoms with Crippen LogP contribution in [0.2, 0.25) is 0 Å². The van der Waals surface area contributed by atoms with Crippen molar-refractivity contribution in [2.75, 3.05) is 13.1 Å². The lowest BCUT2D eigenvalue weighted by Gasteiger charge is -2.32. The molecule has 0 saturated carbocycles. The van der Waals surface area contributed by atoms with Crippen molar-refractivity contribution in [3.8, 4) is 0 Å². The second kappa shape index (κ2) is 4.45. The van der Waals surface area contributed by atoms with E-state index in [1.807, 2.05) is 0 Å². The molecule has 70 valence electrons. The Hall–Kier alpha value is -0.570. The number of carboxylic acids is 1. The molecule has 1 aliphatic rings. The van der Waals surface area contributed by atoms with Crippen LogP contribution in [0.25, 0.3) is 0 Å². The van der Waals surface area contributed by atoms with E-state index in [-0.39, 0.29) is 6.04 Å². The monoisotopic (exact) mass is 171 g/mol. The van der Waals surface area contributed by atoms with Gasteiger partial charge in [-0.2, -0.15) is 0 Å². The predicted molar refractivity (Wildman–Crippen MR) is 47.1 cm³/mol. The van der Waals surface area contributed by atoms with Gasteiger partial charge in [-0.1, -0.05) is 13.3 Å². The highest BCUT2D eigenvalue weighted by Gasteiger charge is 2.27. The van der Waals surface area contributed by atoms with Crippen LogP contribution in [0.15, 0.2) is 0 Å². The zero-order valence-corrected chi connectivity index (χ0v) is 7.62. The van der Waals surface area contributed by atoms with Gasteiger partial charge in [0, 0.05) is 0 Å². The summed E-state index contributed by atoms with van der Waals surface area (Å²) in [5.74, 6) is -0.650. The molecule has 0 aromatic carbocycles. The van der Waals surface area contributed by atoms with E-state index in [4.69, 9.17) is 5.11 Å². The maximum absolute atomic E-state index is 10.8. The lowest BCUT2D eigenvalue weighted by molar-refractivity contribution is -0.144. The number of hydrogen-bond acceptors (Lipinski definition) is 2. The topological polar surface area (TPSA) is 40.5 Å². The molecule has 3 heteroatoms. The largest absolute Gasteiger partial charge is 0.480 e. The number of carbonyl (C=O) groups is 1. The Morgan fingerprint density at radius 2 is 2.33 bits per heavy atom. The number of likely N-dealkylation sites (tertiary alicyclic amines) is 1. The molecule has 0 unspecified atom stereocenters. The molecule has 0 spiro atoms. The van der Waals surface area contributed by atoms with Gasteiger partial charge >= 0.3 is 5.97 Å². The first-order chi connectivity index (χ1) is 5.75. The fourth-order valence-corrected chi connectivity index (χ4v) is 1.83. The van der Waals surface area contributed by atoms with Gasteiger partial charge < -0.3 is 5.11 Å². The molecule has 1 saturated heterocycles. The summed E-state index contributed by atoms with van der Waals surface area (Å²) in [7, 11) is 0. The van der Waals surface area contributed by atoms with Crippen molar-refractivity contribution in [1.82, 2.24) is 4.90 Å². The molecule has 1 atom stereocenters. The molecule has 0 radical (unpaired) electrons. The zero-order valence-electron chi connectivity index (χ0n) is 7.62. The highest BCUT2D eigenvalue weighted by molar-refractivity contribution is 5.73. The molecule has 0 aliphatic carbocycles. The van der Waals surface area contributed by atoms with Crippen molar-refractivity contribution < 1.29 is 9.90 Å². The highest BCUT2D eigenvalue weighted by atomic mass is 16.4. The Bertz CT molecular complexity index is 157. The molecule has 0 bridgehead atoms. The van der Waals surface area contributed by atoms with Crippen molar-refractivity contribution in [3.05, 3.63) is 0 Å². The third kappa shape index (κ3) is 2.21. The molecular weight excluding hydrogens is 154 g/mol. The maximum atomic E-state index is 10.8. The number of aliphatic carboxylic acids is 1. The third-order valence-corrected chi connectivity index (χ3v) is 2.41. The minimum Gasteiger partial charge on any atom is -0.480 e. The van der Waals surface area contributed by atoms with Crippen molar-refractivity contribution in [2.45, 2.75) is 38.6 Å². The summed E-state index contributed by atoms with van der Waals surface area (Å²) < 4.78 is 0. The molecule has 0 amide bonds. The Labute approximate surface area is 73.4 Å². The van der Waals surface area contributed by atoms with Crippen LogP contribution < -0.4 is 0 Å². The van der Waals surface area contributed by atoms with Crippen LogP contribution >= 0.6 is 0 Å². The molecule has 0 aromatic rings. The summed E-state index contributed by atoms with van der Waals surface area (Å²) in [6, 6.07) is -0.210. The number of hydrogen-bond donors (Lipinski definition) is 1. The molecule has 12 heavy (non-hydrogen) atoms. The van der Waals surface area contributed by atoms with Crippen molar-refractivity contribution in [1.29, 1.82) is 0 Å². The van der Waals surface area contributed by atoms with Crippen molar-refractivity contribution in [3.63, 3.8) is 0 Å². The molecular formula is C9H17NO2. The van der Waals surface area contributed by atoms with Crippen LogP contribution in [0.1, 0.15) is 32.6 Å². The Balaban J connectivity index is 2.48. The maximum Gasteiger partial charge on any atom is 0.320 e. The molecule has 1 aliphatic heterocycles. The van der Waals surface area contributed by atoms with Gasteiger partial charge in [0.2, 0.25) is 0 Å². The van der Waals surface area contributed by atoms with Crippen molar-refractivity contribution >= 4 is 5.97 Å². The van der Waals surface area contributed by atoms with Gasteiger partial charge in [0.15, 0.2) is 0 Å². The average molecular weight is 171 g/mol. The number of piperidine rings is 1. The van der Waals surface area contributed by atoms with E-state index in [0.717, 1.165) is 38.8 Å². The quantitative estimate of drug-likeness (QED) is 0.696. The van der Waals surface area contributed by atoms with Gasteiger partial charge in [0.1, 0.15) is 6.04 Å². The SMILES string of the molecule is CCCN1CCCC[C@@H]1C(=O)O. The highest BCUT2D eigenvalue weighted by Crippen LogP contribution is 2.16. The van der Waals surface area contributed by atoms with E-state index in [0.29, 0.717) is 0 Å². The lowest BCUT2D eigenvalue weighted by atomic mass is 10.0. The molecule has 1 fully saturated rings. The Morgan fingerprint density at radius 3 is 2.92 bits per heavy atom. The van der Waals surface area contributed by atoms with Crippen LogP contribution in [0, 0.1) is 0 Å². The summed E-state index contributed by atoms with van der Waals surface area (Å²) in [4.78, 5) is 12.9. The zero-order chi connectivity index (χ0) is 8.97. The van der Waals surface area contributed by atoms with Gasteiger partial charge in [-0.15, -0.1) is 0 Å². The van der Waals surface area contributed by atoms with Crippen LogP contribution in [-0.4, -0.2) is 35.1 Å². The molecule has 0 aromatic heterocycles. The molecule has 1 rings (SSSR count). The Morgan fingerprint density at radius 1 is 1.58 bits per heavy atom. The third-order valence-electron chi connectivity index (χ3n) is 2.41. The normalized spacial score (nSPS) is 25.6. The van der Waals surface area contributed by atoms with Crippen molar-refractivity contribution in [2.24, 2.45) is 0 Å². The van der Waals surface area contributed by atoms with Gasteiger partial charge in [0.05, 0.1) is 0 Å². The fraction of sp³-hybridized carbons (Fsp3) is 0.889. The molecule has 1 N–H and O–H groups in total. The summed E-state index contributed by atoms with van der Waals surface area (Å²) in [6.45, 7) is 3.98. The van der Waals surface area contributed by atoms with E-state index in [1.54, 1.807) is 0 Å². The van der Waals surface area contributed by atoms with E-state index < -0.39 is 5.97 Å². The summed E-state index contributed by atoms with van der Waals surface area (Å²) >= 11 is 0. The number of rotatable bonds is 3. The molecule has 3 nitrogen and oxygen atoms in total. The van der Waals surface area contributed by atoms with Crippen LogP contribution in [0.4, 0.5) is 0 Å². The fourth-order valence-electron chi connectivity index (χ4n) is 1.83. The summed E-state index contributed by atoms with van der Waals surface area (Å²) in [6.07, 6.45) is 4.10. The van der Waals surface area contributed by atoms with E-state index in [1.165, 1.54) is 0 Å². The Kier molecular flexibility index (Phi) is 3.53. The van der Waals surface area contributed by atoms with Gasteiger partial charge in [-0.3, -0.25) is 9.69 Å². The molecule has 1 heterocycles. The minimum absolute atomic E-state index is 0.210. The summed E-state index contributed by atoms with van der Waals surface area (Å²) in [5, 5.41) is 8.89. The second-order valence-corrected chi connectivity index (χ2v) is 3.39. The first kappa shape index (κ1) is 9.52. The van der Waals surface area contributed by atoms with E-state index in [9.17, 15) is 4.79 Å². The van der Waals surface area contributed by atoms with E-state index >= 15 is 0 Å². The first-order valence-electron chi connectivity index (χ1n) is 4.72. The van der Waals surface area contributed by atoms with Crippen LogP contribution in [0.5, 0.6) is 0 Å². The predicted octanol–water partition coefficient (Wildman–Crippen LogP) is 1.34. The first-order valence-corrected chi connectivity index (χ1v) is 4.72. The van der Waals surface area contributed by atoms with Gasteiger partial charge in [0.25, 0.3) is 0 Å². The standard InChI is InChI=1S/C9H17NO2/c1-2-6-10-7-4-3-5-8(10)9(11)12/h8H,2-7H2,1H3,(H,11,12)/t8-/m1/s1. The van der Waals surface area contributed by atoms with Gasteiger partial charge in [-0.05, 0) is 32.4 Å². The average Bonchev–Trinajstić information content (AvgIpc) is 2.05. The van der Waals surface area contributed by atoms with Gasteiger partial charge in [-0.25, -0.2) is 0 Å². The summed E-state index contributed by atoms with van der Waals surface area (Å²) in [5.41, 5.74) is 0. The smallest absolute Gasteiger partial charge is 0.320 e. The number of nitrogens with zero attached hydrogens (tertiary/aromatic N) is 1. The lowest BCUT2D eigenvalue weighted by Crippen LogP contribution is -2.44. The minimum atomic E-state index is -0.650. The van der Waals surface area contributed by atoms with Crippen LogP contribution in [0.3, 0.4) is 0 Å². The number of carboxylic acid groups (broad SMARTS) is 1.